The van der Waals surface area contributed by atoms with Gasteiger partial charge in [0.05, 0.1) is 0 Å². The number of nitrogens with zero attached hydrogens (tertiary/aromatic N) is 1. The van der Waals surface area contributed by atoms with Crippen LogP contribution in [0.3, 0.4) is 0 Å². The second kappa shape index (κ2) is 5.08. The van der Waals surface area contributed by atoms with Crippen molar-refractivity contribution in [2.75, 3.05) is 13.1 Å². The Bertz CT molecular complexity index is 337. The van der Waals surface area contributed by atoms with E-state index in [0.29, 0.717) is 11.9 Å². The highest BCUT2D eigenvalue weighted by atomic mass is 16.2. The largest absolute Gasteiger partial charge is 0.342 e. The average Bonchev–Trinajstić information content (AvgIpc) is 2.33. The van der Waals surface area contributed by atoms with Crippen molar-refractivity contribution in [2.24, 2.45) is 11.3 Å². The van der Waals surface area contributed by atoms with E-state index in [4.69, 9.17) is 0 Å². The summed E-state index contributed by atoms with van der Waals surface area (Å²) >= 11 is 0. The number of rotatable bonds is 2. The van der Waals surface area contributed by atoms with Crippen LogP contribution in [-0.4, -0.2) is 35.5 Å². The lowest BCUT2D eigenvalue weighted by Gasteiger charge is -2.54. The third-order valence-corrected chi connectivity index (χ3v) is 4.84. The maximum Gasteiger partial charge on any atom is 0.226 e. The molecule has 2 aliphatic rings. The first-order valence-electron chi connectivity index (χ1n) is 7.78. The molecular formula is C16H30N2O. The normalized spacial score (nSPS) is 30.9. The molecule has 2 rings (SSSR count). The van der Waals surface area contributed by atoms with Crippen molar-refractivity contribution in [3.8, 4) is 0 Å². The SMILES string of the molecule is CC(C)(C)N[C@@H]1C[C@H](C(=O)N2CCCCC2)C1(C)C. The van der Waals surface area contributed by atoms with E-state index in [0.717, 1.165) is 19.5 Å². The molecule has 0 unspecified atom stereocenters. The summed E-state index contributed by atoms with van der Waals surface area (Å²) in [5.41, 5.74) is 0.211. The van der Waals surface area contributed by atoms with Gasteiger partial charge in [-0.2, -0.15) is 0 Å². The highest BCUT2D eigenvalue weighted by molar-refractivity contribution is 5.81. The molecule has 19 heavy (non-hydrogen) atoms. The zero-order valence-electron chi connectivity index (χ0n) is 13.3. The summed E-state index contributed by atoms with van der Waals surface area (Å²) < 4.78 is 0. The lowest BCUT2D eigenvalue weighted by molar-refractivity contribution is -0.150. The number of piperidine rings is 1. The fourth-order valence-electron chi connectivity index (χ4n) is 3.45. The lowest BCUT2D eigenvalue weighted by Crippen LogP contribution is -2.64. The van der Waals surface area contributed by atoms with Crippen molar-refractivity contribution >= 4 is 5.91 Å². The molecule has 1 aliphatic heterocycles. The van der Waals surface area contributed by atoms with Crippen LogP contribution in [0.15, 0.2) is 0 Å². The Kier molecular flexibility index (Phi) is 3.97. The van der Waals surface area contributed by atoms with Crippen molar-refractivity contribution in [3.63, 3.8) is 0 Å². The average molecular weight is 266 g/mol. The molecule has 1 amide bonds. The van der Waals surface area contributed by atoms with Gasteiger partial charge >= 0.3 is 0 Å². The second-order valence-electron chi connectivity index (χ2n) is 7.94. The van der Waals surface area contributed by atoms with Crippen molar-refractivity contribution in [1.29, 1.82) is 0 Å². The number of likely N-dealkylation sites (tertiary alicyclic amines) is 1. The van der Waals surface area contributed by atoms with Crippen LogP contribution < -0.4 is 5.32 Å². The fourth-order valence-corrected chi connectivity index (χ4v) is 3.45. The first-order chi connectivity index (χ1) is 8.72. The standard InChI is InChI=1S/C16H30N2O/c1-15(2,3)17-13-11-12(16(13,4)5)14(19)18-9-7-6-8-10-18/h12-13,17H,6-11H2,1-5H3/t12-,13-/m1/s1. The number of carbonyl (C=O) groups is 1. The molecule has 110 valence electrons. The number of carbonyl (C=O) groups excluding carboxylic acids is 1. The summed E-state index contributed by atoms with van der Waals surface area (Å²) in [6.07, 6.45) is 4.65. The van der Waals surface area contributed by atoms with Gasteiger partial charge in [-0.1, -0.05) is 13.8 Å². The van der Waals surface area contributed by atoms with E-state index >= 15 is 0 Å². The molecule has 3 heteroatoms. The van der Waals surface area contributed by atoms with Crippen LogP contribution in [-0.2, 0) is 4.79 Å². The smallest absolute Gasteiger partial charge is 0.226 e. The van der Waals surface area contributed by atoms with Crippen LogP contribution in [0.25, 0.3) is 0 Å². The predicted molar refractivity (Wildman–Crippen MR) is 79.0 cm³/mol. The van der Waals surface area contributed by atoms with Crippen molar-refractivity contribution in [3.05, 3.63) is 0 Å². The molecule has 0 spiro atoms. The number of amides is 1. The second-order valence-corrected chi connectivity index (χ2v) is 7.94. The summed E-state index contributed by atoms with van der Waals surface area (Å²) in [4.78, 5) is 14.7. The molecule has 1 saturated carbocycles. The van der Waals surface area contributed by atoms with Gasteiger partial charge in [0.2, 0.25) is 5.91 Å². The van der Waals surface area contributed by atoms with Crippen LogP contribution in [0.1, 0.15) is 60.3 Å². The minimum Gasteiger partial charge on any atom is -0.342 e. The molecule has 1 N–H and O–H groups in total. The van der Waals surface area contributed by atoms with Crippen molar-refractivity contribution in [1.82, 2.24) is 10.2 Å². The third kappa shape index (κ3) is 3.13. The summed E-state index contributed by atoms with van der Waals surface area (Å²) in [7, 11) is 0. The highest BCUT2D eigenvalue weighted by Gasteiger charge is 2.53. The molecule has 1 aliphatic carbocycles. The van der Waals surface area contributed by atoms with E-state index in [9.17, 15) is 4.79 Å². The molecule has 2 fully saturated rings. The molecule has 3 nitrogen and oxygen atoms in total. The molecule has 0 aromatic carbocycles. The molecule has 1 heterocycles. The molecule has 0 aromatic heterocycles. The fraction of sp³-hybridized carbons (Fsp3) is 0.938. The van der Waals surface area contributed by atoms with Gasteiger partial charge in [-0.15, -0.1) is 0 Å². The molecule has 0 radical (unpaired) electrons. The quantitative estimate of drug-likeness (QED) is 0.833. The highest BCUT2D eigenvalue weighted by Crippen LogP contribution is 2.48. The zero-order chi connectivity index (χ0) is 14.3. The van der Waals surface area contributed by atoms with E-state index < -0.39 is 0 Å². The monoisotopic (exact) mass is 266 g/mol. The maximum absolute atomic E-state index is 12.6. The number of nitrogens with one attached hydrogen (secondary N) is 1. The van der Waals surface area contributed by atoms with Gasteiger partial charge in [0.25, 0.3) is 0 Å². The van der Waals surface area contributed by atoms with Gasteiger partial charge in [0, 0.05) is 30.6 Å². The van der Waals surface area contributed by atoms with Gasteiger partial charge in [-0.3, -0.25) is 4.79 Å². The summed E-state index contributed by atoms with van der Waals surface area (Å²) in [5, 5.41) is 3.66. The first-order valence-corrected chi connectivity index (χ1v) is 7.78. The van der Waals surface area contributed by atoms with Crippen LogP contribution in [0.4, 0.5) is 0 Å². The lowest BCUT2D eigenvalue weighted by atomic mass is 9.57. The Morgan fingerprint density at radius 2 is 1.74 bits per heavy atom. The van der Waals surface area contributed by atoms with Crippen molar-refractivity contribution < 1.29 is 4.79 Å². The van der Waals surface area contributed by atoms with E-state index in [1.165, 1.54) is 19.3 Å². The van der Waals surface area contributed by atoms with Crippen LogP contribution in [0.5, 0.6) is 0 Å². The van der Waals surface area contributed by atoms with E-state index in [-0.39, 0.29) is 16.9 Å². The summed E-state index contributed by atoms with van der Waals surface area (Å²) in [5.74, 6) is 0.613. The summed E-state index contributed by atoms with van der Waals surface area (Å²) in [6.45, 7) is 13.0. The first kappa shape index (κ1) is 14.8. The Balaban J connectivity index is 1.94. The van der Waals surface area contributed by atoms with Gasteiger partial charge in [-0.05, 0) is 51.9 Å². The zero-order valence-corrected chi connectivity index (χ0v) is 13.3. The van der Waals surface area contributed by atoms with E-state index in [2.05, 4.69) is 44.8 Å². The Hall–Kier alpha value is -0.570. The van der Waals surface area contributed by atoms with Gasteiger partial charge in [-0.25, -0.2) is 0 Å². The topological polar surface area (TPSA) is 32.3 Å². The van der Waals surface area contributed by atoms with Crippen LogP contribution >= 0.6 is 0 Å². The Morgan fingerprint density at radius 3 is 2.21 bits per heavy atom. The molecule has 2 atom stereocenters. The van der Waals surface area contributed by atoms with E-state index in [1.54, 1.807) is 0 Å². The van der Waals surface area contributed by atoms with Crippen molar-refractivity contribution in [2.45, 2.75) is 71.9 Å². The minimum absolute atomic E-state index is 0.0851. The minimum atomic E-state index is 0.0851. The third-order valence-electron chi connectivity index (χ3n) is 4.84. The van der Waals surface area contributed by atoms with E-state index in [1.807, 2.05) is 0 Å². The predicted octanol–water partition coefficient (Wildman–Crippen LogP) is 2.80. The summed E-state index contributed by atoms with van der Waals surface area (Å²) in [6, 6.07) is 0.464. The Morgan fingerprint density at radius 1 is 1.16 bits per heavy atom. The number of hydrogen-bond acceptors (Lipinski definition) is 2. The van der Waals surface area contributed by atoms with Gasteiger partial charge in [0.1, 0.15) is 0 Å². The molecule has 1 saturated heterocycles. The molecular weight excluding hydrogens is 236 g/mol. The van der Waals surface area contributed by atoms with Gasteiger partial charge in [0.15, 0.2) is 0 Å². The molecule has 0 bridgehead atoms. The van der Waals surface area contributed by atoms with Crippen LogP contribution in [0, 0.1) is 11.3 Å². The Labute approximate surface area is 118 Å². The van der Waals surface area contributed by atoms with Gasteiger partial charge < -0.3 is 10.2 Å². The maximum atomic E-state index is 12.6. The number of hydrogen-bond donors (Lipinski definition) is 1. The van der Waals surface area contributed by atoms with Crippen LogP contribution in [0.2, 0.25) is 0 Å². The molecule has 0 aromatic rings.